The van der Waals surface area contributed by atoms with Gasteiger partial charge in [-0.1, -0.05) is 24.3 Å². The Kier molecular flexibility index (Phi) is 4.65. The highest BCUT2D eigenvalue weighted by Gasteiger charge is 2.52. The van der Waals surface area contributed by atoms with Crippen molar-refractivity contribution in [2.24, 2.45) is 0 Å². The number of allylic oxidation sites excluding steroid dienone is 1. The van der Waals surface area contributed by atoms with E-state index in [2.05, 4.69) is 0 Å². The molecule has 1 saturated heterocycles. The first-order chi connectivity index (χ1) is 10.4. The average molecular weight is 330 g/mol. The summed E-state index contributed by atoms with van der Waals surface area (Å²) < 4.78 is 63.3. The summed E-state index contributed by atoms with van der Waals surface area (Å²) in [5, 5.41) is 0. The van der Waals surface area contributed by atoms with Crippen molar-refractivity contribution in [3.8, 4) is 0 Å². The zero-order valence-electron chi connectivity index (χ0n) is 13.5. The molecule has 1 aliphatic rings. The van der Waals surface area contributed by atoms with Crippen LogP contribution in [0.3, 0.4) is 0 Å². The van der Waals surface area contributed by atoms with Crippen molar-refractivity contribution < 1.29 is 26.9 Å². The van der Waals surface area contributed by atoms with Crippen molar-refractivity contribution in [1.82, 2.24) is 0 Å². The van der Waals surface area contributed by atoms with Crippen molar-refractivity contribution in [2.75, 3.05) is 0 Å². The minimum absolute atomic E-state index is 0.0276. The molecule has 2 rings (SSSR count). The van der Waals surface area contributed by atoms with Crippen LogP contribution in [0.1, 0.15) is 38.8 Å². The van der Waals surface area contributed by atoms with Crippen LogP contribution in [0.15, 0.2) is 36.1 Å². The van der Waals surface area contributed by atoms with Gasteiger partial charge in [-0.05, 0) is 45.7 Å². The lowest BCUT2D eigenvalue weighted by molar-refractivity contribution is -0.137. The zero-order chi connectivity index (χ0) is 17.5. The fourth-order valence-corrected chi connectivity index (χ4v) is 2.14. The van der Waals surface area contributed by atoms with Crippen molar-refractivity contribution >= 4 is 7.12 Å². The first kappa shape index (κ1) is 18.0. The van der Waals surface area contributed by atoms with Gasteiger partial charge in [-0.3, -0.25) is 0 Å². The highest BCUT2D eigenvalue weighted by molar-refractivity contribution is 6.53. The summed E-state index contributed by atoms with van der Waals surface area (Å²) in [6.45, 7) is 7.19. The summed E-state index contributed by atoms with van der Waals surface area (Å²) in [5.74, 6) is 0. The molecule has 1 aromatic carbocycles. The molecular formula is C16H19BF4O2. The van der Waals surface area contributed by atoms with Crippen LogP contribution in [0.2, 0.25) is 0 Å². The van der Waals surface area contributed by atoms with E-state index in [4.69, 9.17) is 9.31 Å². The third-order valence-electron chi connectivity index (χ3n) is 4.27. The minimum atomic E-state index is -4.41. The number of benzene rings is 1. The Labute approximate surface area is 133 Å². The van der Waals surface area contributed by atoms with E-state index < -0.39 is 35.8 Å². The fourth-order valence-electron chi connectivity index (χ4n) is 2.14. The number of alkyl halides is 3. The van der Waals surface area contributed by atoms with E-state index in [-0.39, 0.29) is 6.42 Å². The molecule has 0 N–H and O–H groups in total. The molecule has 0 aliphatic carbocycles. The maximum atomic E-state index is 14.2. The van der Waals surface area contributed by atoms with Gasteiger partial charge in [0, 0.05) is 0 Å². The Morgan fingerprint density at radius 3 is 2.22 bits per heavy atom. The molecule has 1 aliphatic heterocycles. The molecule has 0 unspecified atom stereocenters. The SMILES string of the molecule is CC1(C)OB(C(F)=CCc2cccc(C(F)(F)F)c2)OC1(C)C. The van der Waals surface area contributed by atoms with Crippen LogP contribution in [0.5, 0.6) is 0 Å². The summed E-state index contributed by atoms with van der Waals surface area (Å²) in [6.07, 6.45) is -3.19. The molecule has 0 aromatic heterocycles. The molecular weight excluding hydrogens is 311 g/mol. The summed E-state index contributed by atoms with van der Waals surface area (Å²) in [7, 11) is -1.13. The lowest BCUT2D eigenvalue weighted by Gasteiger charge is -2.32. The number of hydrogen-bond donors (Lipinski definition) is 0. The standard InChI is InChI=1S/C16H19BF4O2/c1-14(2)15(3,4)23-17(22-14)13(18)9-8-11-6-5-7-12(10-11)16(19,20)21/h5-7,9-10H,8H2,1-4H3. The smallest absolute Gasteiger partial charge is 0.398 e. The Morgan fingerprint density at radius 1 is 1.13 bits per heavy atom. The molecule has 1 aromatic rings. The van der Waals surface area contributed by atoms with Crippen LogP contribution < -0.4 is 0 Å². The van der Waals surface area contributed by atoms with E-state index in [9.17, 15) is 17.6 Å². The zero-order valence-corrected chi connectivity index (χ0v) is 13.5. The Balaban J connectivity index is 2.09. The van der Waals surface area contributed by atoms with Gasteiger partial charge in [0.25, 0.3) is 0 Å². The highest BCUT2D eigenvalue weighted by atomic mass is 19.4. The molecule has 1 heterocycles. The molecule has 2 nitrogen and oxygen atoms in total. The Morgan fingerprint density at radius 2 is 1.70 bits per heavy atom. The van der Waals surface area contributed by atoms with Gasteiger partial charge in [0.05, 0.1) is 16.8 Å². The number of rotatable bonds is 3. The van der Waals surface area contributed by atoms with Crippen LogP contribution >= 0.6 is 0 Å². The Hall–Kier alpha value is -1.34. The molecule has 7 heteroatoms. The third kappa shape index (κ3) is 3.95. The lowest BCUT2D eigenvalue weighted by atomic mass is 9.87. The topological polar surface area (TPSA) is 18.5 Å². The number of hydrogen-bond acceptors (Lipinski definition) is 2. The van der Waals surface area contributed by atoms with Gasteiger partial charge in [0.15, 0.2) is 0 Å². The van der Waals surface area contributed by atoms with Gasteiger partial charge in [-0.25, -0.2) is 4.39 Å². The van der Waals surface area contributed by atoms with Gasteiger partial charge >= 0.3 is 13.3 Å². The van der Waals surface area contributed by atoms with E-state index >= 15 is 0 Å². The monoisotopic (exact) mass is 330 g/mol. The third-order valence-corrected chi connectivity index (χ3v) is 4.27. The summed E-state index contributed by atoms with van der Waals surface area (Å²) in [5.41, 5.74) is -2.36. The highest BCUT2D eigenvalue weighted by Crippen LogP contribution is 2.38. The molecule has 1 fully saturated rings. The van der Waals surface area contributed by atoms with Crippen LogP contribution in [0.25, 0.3) is 0 Å². The summed E-state index contributed by atoms with van der Waals surface area (Å²) in [6, 6.07) is 4.81. The molecule has 23 heavy (non-hydrogen) atoms. The largest absolute Gasteiger partial charge is 0.524 e. The molecule has 0 amide bonds. The average Bonchev–Trinajstić information content (AvgIpc) is 2.64. The first-order valence-electron chi connectivity index (χ1n) is 7.30. The quantitative estimate of drug-likeness (QED) is 0.589. The van der Waals surface area contributed by atoms with Crippen molar-refractivity contribution in [3.05, 3.63) is 47.2 Å². The second-order valence-corrected chi connectivity index (χ2v) is 6.58. The van der Waals surface area contributed by atoms with Crippen LogP contribution in [0.4, 0.5) is 17.6 Å². The molecule has 0 spiro atoms. The maximum absolute atomic E-state index is 14.2. The van der Waals surface area contributed by atoms with Gasteiger partial charge < -0.3 is 9.31 Å². The maximum Gasteiger partial charge on any atom is 0.524 e. The van der Waals surface area contributed by atoms with E-state index in [1.165, 1.54) is 18.2 Å². The van der Waals surface area contributed by atoms with E-state index in [0.29, 0.717) is 5.56 Å². The van der Waals surface area contributed by atoms with Crippen LogP contribution in [0, 0.1) is 0 Å². The van der Waals surface area contributed by atoms with Crippen molar-refractivity contribution in [3.63, 3.8) is 0 Å². The van der Waals surface area contributed by atoms with E-state index in [0.717, 1.165) is 12.1 Å². The van der Waals surface area contributed by atoms with Crippen LogP contribution in [-0.4, -0.2) is 18.3 Å². The molecule has 0 atom stereocenters. The predicted molar refractivity (Wildman–Crippen MR) is 80.4 cm³/mol. The summed E-state index contributed by atoms with van der Waals surface area (Å²) in [4.78, 5) is 0. The van der Waals surface area contributed by atoms with Gasteiger partial charge in [-0.2, -0.15) is 13.2 Å². The van der Waals surface area contributed by atoms with Crippen LogP contribution in [-0.2, 0) is 21.9 Å². The molecule has 0 bridgehead atoms. The Bertz CT molecular complexity index is 592. The second kappa shape index (κ2) is 5.94. The normalized spacial score (nSPS) is 20.9. The van der Waals surface area contributed by atoms with Crippen molar-refractivity contribution in [2.45, 2.75) is 51.5 Å². The van der Waals surface area contributed by atoms with Gasteiger partial charge in [0.1, 0.15) is 5.73 Å². The first-order valence-corrected chi connectivity index (χ1v) is 7.30. The van der Waals surface area contributed by atoms with Gasteiger partial charge in [0.2, 0.25) is 0 Å². The molecule has 126 valence electrons. The minimum Gasteiger partial charge on any atom is -0.398 e. The van der Waals surface area contributed by atoms with E-state index in [1.54, 1.807) is 27.7 Å². The molecule has 0 saturated carbocycles. The van der Waals surface area contributed by atoms with Crippen molar-refractivity contribution in [1.29, 1.82) is 0 Å². The lowest BCUT2D eigenvalue weighted by Crippen LogP contribution is -2.41. The summed E-state index contributed by atoms with van der Waals surface area (Å²) >= 11 is 0. The second-order valence-electron chi connectivity index (χ2n) is 6.58. The predicted octanol–water partition coefficient (Wildman–Crippen LogP) is 4.73. The van der Waals surface area contributed by atoms with E-state index in [1.807, 2.05) is 0 Å². The molecule has 0 radical (unpaired) electrons. The fraction of sp³-hybridized carbons (Fsp3) is 0.500. The number of halogens is 4. The van der Waals surface area contributed by atoms with Gasteiger partial charge in [-0.15, -0.1) is 0 Å².